The van der Waals surface area contributed by atoms with Crippen molar-refractivity contribution in [2.24, 2.45) is 11.7 Å². The fraction of sp³-hybridized carbons (Fsp3) is 0.900. The lowest BCUT2D eigenvalue weighted by molar-refractivity contribution is -0.126. The van der Waals surface area contributed by atoms with Crippen molar-refractivity contribution in [1.82, 2.24) is 5.32 Å². The monoisotopic (exact) mass is 184 g/mol. The summed E-state index contributed by atoms with van der Waals surface area (Å²) >= 11 is 0. The van der Waals surface area contributed by atoms with Crippen LogP contribution in [0.25, 0.3) is 0 Å². The Morgan fingerprint density at radius 2 is 2.23 bits per heavy atom. The molecule has 1 aliphatic carbocycles. The minimum atomic E-state index is -0.683. The van der Waals surface area contributed by atoms with Crippen LogP contribution in [0.15, 0.2) is 0 Å². The molecule has 0 radical (unpaired) electrons. The van der Waals surface area contributed by atoms with E-state index in [1.165, 1.54) is 0 Å². The Hall–Kier alpha value is -0.570. The Labute approximate surface area is 80.1 Å². The Balaban J connectivity index is 2.37. The lowest BCUT2D eigenvalue weighted by Gasteiger charge is -2.22. The van der Waals surface area contributed by atoms with Crippen LogP contribution in [-0.2, 0) is 4.79 Å². The first kappa shape index (κ1) is 10.5. The van der Waals surface area contributed by atoms with Crippen LogP contribution in [0.4, 0.5) is 0 Å². The summed E-state index contributed by atoms with van der Waals surface area (Å²) in [5.41, 5.74) is 5.20. The van der Waals surface area contributed by atoms with E-state index in [0.29, 0.717) is 12.0 Å². The molecule has 0 bridgehead atoms. The molecule has 0 heterocycles. The van der Waals surface area contributed by atoms with Gasteiger partial charge in [0.05, 0.1) is 5.54 Å². The largest absolute Gasteiger partial charge is 0.352 e. The highest BCUT2D eigenvalue weighted by Crippen LogP contribution is 2.29. The quantitative estimate of drug-likeness (QED) is 0.685. The van der Waals surface area contributed by atoms with E-state index in [2.05, 4.69) is 12.2 Å². The van der Waals surface area contributed by atoms with Crippen molar-refractivity contribution in [3.63, 3.8) is 0 Å². The summed E-state index contributed by atoms with van der Waals surface area (Å²) in [6.07, 6.45) is 2.80. The third-order valence-electron chi connectivity index (χ3n) is 2.71. The predicted octanol–water partition coefficient (Wildman–Crippen LogP) is 1.03. The molecular formula is C10H20N2O. The second-order valence-electron chi connectivity index (χ2n) is 4.46. The van der Waals surface area contributed by atoms with Crippen molar-refractivity contribution < 1.29 is 4.79 Å². The summed E-state index contributed by atoms with van der Waals surface area (Å²) in [6, 6.07) is 0.382. The summed E-state index contributed by atoms with van der Waals surface area (Å²) < 4.78 is 0. The topological polar surface area (TPSA) is 55.1 Å². The average molecular weight is 184 g/mol. The summed E-state index contributed by atoms with van der Waals surface area (Å²) in [6.45, 7) is 5.98. The third kappa shape index (κ3) is 2.69. The highest BCUT2D eigenvalue weighted by molar-refractivity contribution is 5.86. The number of nitrogens with one attached hydrogen (secondary N) is 1. The van der Waals surface area contributed by atoms with Gasteiger partial charge in [0.1, 0.15) is 0 Å². The number of rotatable bonds is 4. The van der Waals surface area contributed by atoms with Crippen LogP contribution in [0.5, 0.6) is 0 Å². The summed E-state index contributed by atoms with van der Waals surface area (Å²) in [5.74, 6) is 0.644. The van der Waals surface area contributed by atoms with E-state index in [-0.39, 0.29) is 5.91 Å². The van der Waals surface area contributed by atoms with E-state index in [0.717, 1.165) is 19.3 Å². The zero-order valence-corrected chi connectivity index (χ0v) is 8.76. The van der Waals surface area contributed by atoms with E-state index < -0.39 is 5.54 Å². The molecule has 3 N–H and O–H groups in total. The molecule has 13 heavy (non-hydrogen) atoms. The second-order valence-corrected chi connectivity index (χ2v) is 4.46. The smallest absolute Gasteiger partial charge is 0.240 e. The Morgan fingerprint density at radius 1 is 1.69 bits per heavy atom. The molecule has 0 saturated heterocycles. The van der Waals surface area contributed by atoms with Gasteiger partial charge in [0.25, 0.3) is 0 Å². The summed E-state index contributed by atoms with van der Waals surface area (Å²) in [4.78, 5) is 11.6. The van der Waals surface area contributed by atoms with Crippen LogP contribution >= 0.6 is 0 Å². The molecule has 0 aliphatic heterocycles. The molecule has 3 heteroatoms. The average Bonchev–Trinajstić information content (AvgIpc) is 2.66. The highest BCUT2D eigenvalue weighted by Gasteiger charge is 2.37. The SMILES string of the molecule is CCCC(C)(N)C(=O)NC1CC1C. The molecule has 0 aromatic carbocycles. The molecule has 3 atom stereocenters. The van der Waals surface area contributed by atoms with E-state index in [1.807, 2.05) is 6.92 Å². The Kier molecular flexibility index (Phi) is 2.96. The molecule has 1 saturated carbocycles. The normalized spacial score (nSPS) is 30.8. The van der Waals surface area contributed by atoms with Crippen molar-refractivity contribution >= 4 is 5.91 Å². The number of hydrogen-bond donors (Lipinski definition) is 2. The molecule has 1 aliphatic rings. The first-order valence-corrected chi connectivity index (χ1v) is 5.07. The molecule has 76 valence electrons. The summed E-state index contributed by atoms with van der Waals surface area (Å²) in [7, 11) is 0. The van der Waals surface area contributed by atoms with Crippen molar-refractivity contribution in [2.45, 2.75) is 51.6 Å². The van der Waals surface area contributed by atoms with Crippen molar-refractivity contribution in [1.29, 1.82) is 0 Å². The van der Waals surface area contributed by atoms with Gasteiger partial charge >= 0.3 is 0 Å². The van der Waals surface area contributed by atoms with Gasteiger partial charge in [-0.2, -0.15) is 0 Å². The van der Waals surface area contributed by atoms with E-state index in [1.54, 1.807) is 6.92 Å². The van der Waals surface area contributed by atoms with Gasteiger partial charge in [-0.1, -0.05) is 20.3 Å². The zero-order valence-electron chi connectivity index (χ0n) is 8.76. The zero-order chi connectivity index (χ0) is 10.1. The van der Waals surface area contributed by atoms with Crippen molar-refractivity contribution in [3.8, 4) is 0 Å². The number of carbonyl (C=O) groups excluding carboxylic acids is 1. The lowest BCUT2D eigenvalue weighted by atomic mass is 9.96. The van der Waals surface area contributed by atoms with Crippen LogP contribution in [0.3, 0.4) is 0 Å². The molecule has 0 spiro atoms. The number of amides is 1. The van der Waals surface area contributed by atoms with Crippen LogP contribution in [0, 0.1) is 5.92 Å². The Bertz CT molecular complexity index is 201. The van der Waals surface area contributed by atoms with E-state index in [9.17, 15) is 4.79 Å². The maximum atomic E-state index is 11.6. The number of nitrogens with two attached hydrogens (primary N) is 1. The minimum Gasteiger partial charge on any atom is -0.352 e. The maximum Gasteiger partial charge on any atom is 0.240 e. The van der Waals surface area contributed by atoms with E-state index >= 15 is 0 Å². The fourth-order valence-corrected chi connectivity index (χ4v) is 1.49. The molecule has 1 amide bonds. The molecule has 0 aromatic heterocycles. The van der Waals surface area contributed by atoms with Gasteiger partial charge in [-0.3, -0.25) is 4.79 Å². The third-order valence-corrected chi connectivity index (χ3v) is 2.71. The van der Waals surface area contributed by atoms with Gasteiger partial charge in [0.2, 0.25) is 5.91 Å². The Morgan fingerprint density at radius 3 is 2.62 bits per heavy atom. The van der Waals surface area contributed by atoms with Crippen molar-refractivity contribution in [3.05, 3.63) is 0 Å². The maximum absolute atomic E-state index is 11.6. The second kappa shape index (κ2) is 3.66. The van der Waals surface area contributed by atoms with Crippen LogP contribution in [0.2, 0.25) is 0 Å². The van der Waals surface area contributed by atoms with Gasteiger partial charge in [-0.25, -0.2) is 0 Å². The lowest BCUT2D eigenvalue weighted by Crippen LogP contribution is -2.52. The summed E-state index contributed by atoms with van der Waals surface area (Å²) in [5, 5.41) is 2.96. The standard InChI is InChI=1S/C10H20N2O/c1-4-5-10(3,11)9(13)12-8-6-7(8)2/h7-8H,4-6,11H2,1-3H3,(H,12,13). The van der Waals surface area contributed by atoms with Crippen molar-refractivity contribution in [2.75, 3.05) is 0 Å². The van der Waals surface area contributed by atoms with Gasteiger partial charge in [-0.15, -0.1) is 0 Å². The fourth-order valence-electron chi connectivity index (χ4n) is 1.49. The predicted molar refractivity (Wildman–Crippen MR) is 53.2 cm³/mol. The molecule has 3 nitrogen and oxygen atoms in total. The van der Waals surface area contributed by atoms with Gasteiger partial charge in [0.15, 0.2) is 0 Å². The van der Waals surface area contributed by atoms with Gasteiger partial charge in [0, 0.05) is 6.04 Å². The molecular weight excluding hydrogens is 164 g/mol. The first-order valence-electron chi connectivity index (χ1n) is 5.07. The minimum absolute atomic E-state index is 0.00343. The molecule has 1 fully saturated rings. The van der Waals surface area contributed by atoms with E-state index in [4.69, 9.17) is 5.73 Å². The number of hydrogen-bond acceptors (Lipinski definition) is 2. The van der Waals surface area contributed by atoms with Crippen LogP contribution in [0.1, 0.15) is 40.0 Å². The highest BCUT2D eigenvalue weighted by atomic mass is 16.2. The molecule has 0 aromatic rings. The number of carbonyl (C=O) groups is 1. The molecule has 1 rings (SSSR count). The van der Waals surface area contributed by atoms with Gasteiger partial charge in [-0.05, 0) is 25.7 Å². The van der Waals surface area contributed by atoms with Gasteiger partial charge < -0.3 is 11.1 Å². The molecule has 3 unspecified atom stereocenters. The van der Waals surface area contributed by atoms with Crippen LogP contribution < -0.4 is 11.1 Å². The first-order chi connectivity index (χ1) is 5.97. The van der Waals surface area contributed by atoms with Crippen LogP contribution in [-0.4, -0.2) is 17.5 Å².